The quantitative estimate of drug-likeness (QED) is 0.874. The summed E-state index contributed by atoms with van der Waals surface area (Å²) in [5, 5.41) is 3.55. The van der Waals surface area contributed by atoms with Crippen molar-refractivity contribution in [1.82, 2.24) is 0 Å². The van der Waals surface area contributed by atoms with Gasteiger partial charge in [-0.3, -0.25) is 0 Å². The monoisotopic (exact) mass is 272 g/mol. The maximum Gasteiger partial charge on any atom is 0.0419 e. The van der Waals surface area contributed by atoms with Gasteiger partial charge in [-0.2, -0.15) is 0 Å². The van der Waals surface area contributed by atoms with Crippen molar-refractivity contribution in [1.29, 1.82) is 0 Å². The Morgan fingerprint density at radius 1 is 1.20 bits per heavy atom. The topological polar surface area (TPSA) is 15.3 Å². The van der Waals surface area contributed by atoms with E-state index in [0.717, 1.165) is 18.5 Å². The number of hydrogen-bond donors (Lipinski definition) is 1. The van der Waals surface area contributed by atoms with Crippen molar-refractivity contribution in [3.63, 3.8) is 0 Å². The lowest BCUT2D eigenvalue weighted by molar-refractivity contribution is 0.313. The SMILES string of the molecule is CCC1CCC(N(C)c2cccc3c2CCCN3)CC1. The largest absolute Gasteiger partial charge is 0.385 e. The lowest BCUT2D eigenvalue weighted by Gasteiger charge is -2.37. The number of nitrogens with zero attached hydrogens (tertiary/aromatic N) is 1. The van der Waals surface area contributed by atoms with E-state index in [2.05, 4.69) is 42.4 Å². The van der Waals surface area contributed by atoms with Crippen LogP contribution in [0.2, 0.25) is 0 Å². The van der Waals surface area contributed by atoms with Gasteiger partial charge in [-0.25, -0.2) is 0 Å². The van der Waals surface area contributed by atoms with Crippen molar-refractivity contribution >= 4 is 11.4 Å². The Bertz CT molecular complexity index is 447. The summed E-state index contributed by atoms with van der Waals surface area (Å²) >= 11 is 0. The van der Waals surface area contributed by atoms with Gasteiger partial charge in [0.05, 0.1) is 0 Å². The highest BCUT2D eigenvalue weighted by atomic mass is 15.1. The maximum absolute atomic E-state index is 3.55. The van der Waals surface area contributed by atoms with E-state index in [1.807, 2.05) is 0 Å². The van der Waals surface area contributed by atoms with Crippen molar-refractivity contribution in [3.05, 3.63) is 23.8 Å². The zero-order valence-electron chi connectivity index (χ0n) is 13.0. The third-order valence-electron chi connectivity index (χ3n) is 5.39. The third-order valence-corrected chi connectivity index (χ3v) is 5.39. The Morgan fingerprint density at radius 2 is 2.00 bits per heavy atom. The Balaban J connectivity index is 1.76. The van der Waals surface area contributed by atoms with Crippen molar-refractivity contribution in [3.8, 4) is 0 Å². The minimum atomic E-state index is 0.742. The summed E-state index contributed by atoms with van der Waals surface area (Å²) in [4.78, 5) is 2.57. The molecule has 1 aromatic rings. The lowest BCUT2D eigenvalue weighted by atomic mass is 9.83. The molecule has 0 radical (unpaired) electrons. The number of nitrogens with one attached hydrogen (secondary N) is 1. The molecule has 0 bridgehead atoms. The smallest absolute Gasteiger partial charge is 0.0419 e. The second kappa shape index (κ2) is 6.07. The predicted octanol–water partition coefficient (Wildman–Crippen LogP) is 4.45. The van der Waals surface area contributed by atoms with E-state index in [0.29, 0.717) is 0 Å². The van der Waals surface area contributed by atoms with Crippen LogP contribution in [-0.4, -0.2) is 19.6 Å². The molecule has 0 amide bonds. The molecule has 1 fully saturated rings. The zero-order valence-corrected chi connectivity index (χ0v) is 13.0. The predicted molar refractivity (Wildman–Crippen MR) is 87.7 cm³/mol. The first-order valence-electron chi connectivity index (χ1n) is 8.38. The molecule has 1 aliphatic carbocycles. The van der Waals surface area contributed by atoms with E-state index < -0.39 is 0 Å². The standard InChI is InChI=1S/C18H28N2/c1-3-14-9-11-15(12-10-14)20(2)18-8-4-7-17-16(18)6-5-13-19-17/h4,7-8,14-15,19H,3,5-6,9-13H2,1-2H3. The fourth-order valence-corrected chi connectivity index (χ4v) is 3.96. The van der Waals surface area contributed by atoms with Crippen LogP contribution in [0, 0.1) is 5.92 Å². The Morgan fingerprint density at radius 3 is 2.75 bits per heavy atom. The number of fused-ring (bicyclic) bond motifs is 1. The van der Waals surface area contributed by atoms with E-state index in [1.54, 1.807) is 5.56 Å². The molecule has 0 unspecified atom stereocenters. The highest BCUT2D eigenvalue weighted by Crippen LogP contribution is 2.36. The molecule has 0 aromatic heterocycles. The number of anilines is 2. The summed E-state index contributed by atoms with van der Waals surface area (Å²) in [6, 6.07) is 7.50. The lowest BCUT2D eigenvalue weighted by Crippen LogP contribution is -2.36. The fourth-order valence-electron chi connectivity index (χ4n) is 3.96. The van der Waals surface area contributed by atoms with Crippen molar-refractivity contribution in [2.45, 2.75) is 57.9 Å². The second-order valence-corrected chi connectivity index (χ2v) is 6.53. The Labute approximate surface area is 123 Å². The van der Waals surface area contributed by atoms with Crippen LogP contribution in [0.4, 0.5) is 11.4 Å². The molecule has 1 heterocycles. The van der Waals surface area contributed by atoms with Gasteiger partial charge in [0.2, 0.25) is 0 Å². The number of benzene rings is 1. The molecule has 0 atom stereocenters. The minimum Gasteiger partial charge on any atom is -0.385 e. The summed E-state index contributed by atoms with van der Waals surface area (Å²) in [6.07, 6.45) is 9.42. The van der Waals surface area contributed by atoms with Crippen molar-refractivity contribution in [2.24, 2.45) is 5.92 Å². The minimum absolute atomic E-state index is 0.742. The second-order valence-electron chi connectivity index (χ2n) is 6.53. The van der Waals surface area contributed by atoms with Gasteiger partial charge in [-0.15, -0.1) is 0 Å². The molecule has 110 valence electrons. The van der Waals surface area contributed by atoms with Gasteiger partial charge >= 0.3 is 0 Å². The van der Waals surface area contributed by atoms with Crippen molar-refractivity contribution in [2.75, 3.05) is 23.8 Å². The number of hydrogen-bond acceptors (Lipinski definition) is 2. The van der Waals surface area contributed by atoms with E-state index >= 15 is 0 Å². The van der Waals surface area contributed by atoms with Gasteiger partial charge in [0, 0.05) is 31.0 Å². The average Bonchev–Trinajstić information content (AvgIpc) is 2.54. The molecule has 0 saturated heterocycles. The van der Waals surface area contributed by atoms with Gasteiger partial charge in [0.15, 0.2) is 0 Å². The summed E-state index contributed by atoms with van der Waals surface area (Å²) in [5.74, 6) is 0.978. The van der Waals surface area contributed by atoms with Crippen LogP contribution in [0.3, 0.4) is 0 Å². The molecule has 1 aromatic carbocycles. The Kier molecular flexibility index (Phi) is 4.18. The van der Waals surface area contributed by atoms with E-state index in [9.17, 15) is 0 Å². The van der Waals surface area contributed by atoms with E-state index in [4.69, 9.17) is 0 Å². The molecule has 1 aliphatic heterocycles. The molecular weight excluding hydrogens is 244 g/mol. The molecule has 2 heteroatoms. The Hall–Kier alpha value is -1.18. The van der Waals surface area contributed by atoms with Gasteiger partial charge in [-0.05, 0) is 62.1 Å². The molecule has 3 rings (SSSR count). The van der Waals surface area contributed by atoms with E-state index in [-0.39, 0.29) is 0 Å². The summed E-state index contributed by atoms with van der Waals surface area (Å²) in [7, 11) is 2.31. The molecular formula is C18H28N2. The highest BCUT2D eigenvalue weighted by molar-refractivity contribution is 5.68. The first-order chi connectivity index (χ1) is 9.79. The molecule has 20 heavy (non-hydrogen) atoms. The van der Waals surface area contributed by atoms with Crippen LogP contribution in [0.5, 0.6) is 0 Å². The van der Waals surface area contributed by atoms with Crippen molar-refractivity contribution < 1.29 is 0 Å². The van der Waals surface area contributed by atoms with Crippen LogP contribution in [0.15, 0.2) is 18.2 Å². The normalized spacial score (nSPS) is 25.7. The third kappa shape index (κ3) is 2.65. The van der Waals surface area contributed by atoms with Gasteiger partial charge in [0.25, 0.3) is 0 Å². The average molecular weight is 272 g/mol. The van der Waals surface area contributed by atoms with Gasteiger partial charge < -0.3 is 10.2 Å². The van der Waals surface area contributed by atoms with Crippen LogP contribution in [0.1, 0.15) is 51.0 Å². The maximum atomic E-state index is 3.55. The molecule has 1 saturated carbocycles. The van der Waals surface area contributed by atoms with Crippen LogP contribution < -0.4 is 10.2 Å². The highest BCUT2D eigenvalue weighted by Gasteiger charge is 2.25. The molecule has 2 nitrogen and oxygen atoms in total. The van der Waals surface area contributed by atoms with Gasteiger partial charge in [0.1, 0.15) is 0 Å². The molecule has 1 N–H and O–H groups in total. The first-order valence-corrected chi connectivity index (χ1v) is 8.38. The zero-order chi connectivity index (χ0) is 13.9. The summed E-state index contributed by atoms with van der Waals surface area (Å²) in [6.45, 7) is 3.47. The van der Waals surface area contributed by atoms with Crippen LogP contribution >= 0.6 is 0 Å². The van der Waals surface area contributed by atoms with E-state index in [1.165, 1.54) is 56.3 Å². The van der Waals surface area contributed by atoms with Crippen LogP contribution in [0.25, 0.3) is 0 Å². The molecule has 2 aliphatic rings. The molecule has 0 spiro atoms. The first kappa shape index (κ1) is 13.8. The van der Waals surface area contributed by atoms with Gasteiger partial charge in [-0.1, -0.05) is 19.4 Å². The summed E-state index contributed by atoms with van der Waals surface area (Å²) < 4.78 is 0. The number of rotatable bonds is 3. The van der Waals surface area contributed by atoms with Crippen LogP contribution in [-0.2, 0) is 6.42 Å². The summed E-state index contributed by atoms with van der Waals surface area (Å²) in [5.41, 5.74) is 4.37. The fraction of sp³-hybridized carbons (Fsp3) is 0.667.